The first-order chi connectivity index (χ1) is 12.8. The van der Waals surface area contributed by atoms with Gasteiger partial charge in [0.2, 0.25) is 0 Å². The zero-order chi connectivity index (χ0) is 19.6. The number of carbonyl (C=O) groups excluding carboxylic acids is 1. The van der Waals surface area contributed by atoms with Crippen LogP contribution in [-0.4, -0.2) is 10.5 Å². The van der Waals surface area contributed by atoms with Crippen molar-refractivity contribution in [2.24, 2.45) is 0 Å². The minimum atomic E-state index is -0.433. The quantitative estimate of drug-likeness (QED) is 0.664. The van der Waals surface area contributed by atoms with Crippen LogP contribution in [0.4, 0.5) is 5.69 Å². The summed E-state index contributed by atoms with van der Waals surface area (Å²) < 4.78 is 1.47. The molecule has 1 amide bonds. The van der Waals surface area contributed by atoms with Crippen LogP contribution >= 0.6 is 23.2 Å². The molecule has 0 unspecified atom stereocenters. The van der Waals surface area contributed by atoms with Crippen molar-refractivity contribution in [1.29, 1.82) is 0 Å². The number of benzene rings is 2. The van der Waals surface area contributed by atoms with E-state index in [1.165, 1.54) is 10.6 Å². The number of nitrogens with one attached hydrogen (secondary N) is 1. The van der Waals surface area contributed by atoms with Gasteiger partial charge >= 0.3 is 0 Å². The monoisotopic (exact) mass is 400 g/mol. The minimum absolute atomic E-state index is 0.0819. The van der Waals surface area contributed by atoms with Crippen LogP contribution in [0.15, 0.2) is 59.5 Å². The summed E-state index contributed by atoms with van der Waals surface area (Å²) in [6, 6.07) is 14.2. The zero-order valence-corrected chi connectivity index (χ0v) is 16.4. The lowest BCUT2D eigenvalue weighted by molar-refractivity contribution is 0.102. The predicted molar refractivity (Wildman–Crippen MR) is 110 cm³/mol. The second-order valence-corrected chi connectivity index (χ2v) is 7.19. The van der Waals surface area contributed by atoms with E-state index in [-0.39, 0.29) is 11.1 Å². The Bertz CT molecular complexity index is 1070. The Morgan fingerprint density at radius 2 is 1.81 bits per heavy atom. The number of aromatic nitrogens is 1. The highest BCUT2D eigenvalue weighted by Gasteiger charge is 2.14. The smallest absolute Gasteiger partial charge is 0.263 e. The summed E-state index contributed by atoms with van der Waals surface area (Å²) in [6.07, 6.45) is 1.64. The number of halogens is 2. The molecule has 3 aromatic rings. The lowest BCUT2D eigenvalue weighted by atomic mass is 10.1. The van der Waals surface area contributed by atoms with Crippen molar-refractivity contribution in [2.45, 2.75) is 20.4 Å². The maximum Gasteiger partial charge on any atom is 0.263 e. The topological polar surface area (TPSA) is 51.1 Å². The maximum atomic E-state index is 12.8. The van der Waals surface area contributed by atoms with Gasteiger partial charge in [-0.1, -0.05) is 41.4 Å². The van der Waals surface area contributed by atoms with E-state index in [9.17, 15) is 9.59 Å². The number of pyridine rings is 1. The lowest BCUT2D eigenvalue weighted by Crippen LogP contribution is -2.29. The third-order valence-electron chi connectivity index (χ3n) is 4.24. The number of hydrogen-bond donors (Lipinski definition) is 1. The van der Waals surface area contributed by atoms with E-state index < -0.39 is 5.91 Å². The third kappa shape index (κ3) is 4.41. The van der Waals surface area contributed by atoms with Gasteiger partial charge in [0.05, 0.1) is 16.6 Å². The first-order valence-electron chi connectivity index (χ1n) is 8.37. The molecule has 1 N–H and O–H groups in total. The summed E-state index contributed by atoms with van der Waals surface area (Å²) >= 11 is 12.0. The van der Waals surface area contributed by atoms with Gasteiger partial charge in [0.25, 0.3) is 11.5 Å². The second-order valence-electron chi connectivity index (χ2n) is 6.38. The van der Waals surface area contributed by atoms with Gasteiger partial charge in [-0.05, 0) is 60.9 Å². The average Bonchev–Trinajstić information content (AvgIpc) is 2.63. The number of amides is 1. The van der Waals surface area contributed by atoms with Crippen molar-refractivity contribution in [3.63, 3.8) is 0 Å². The molecule has 27 heavy (non-hydrogen) atoms. The van der Waals surface area contributed by atoms with Gasteiger partial charge in [-0.15, -0.1) is 0 Å². The van der Waals surface area contributed by atoms with Crippen LogP contribution in [0.3, 0.4) is 0 Å². The third-order valence-corrected chi connectivity index (χ3v) is 4.98. The summed E-state index contributed by atoms with van der Waals surface area (Å²) in [7, 11) is 0. The highest BCUT2D eigenvalue weighted by atomic mass is 35.5. The molecule has 0 saturated heterocycles. The van der Waals surface area contributed by atoms with E-state index in [0.717, 1.165) is 16.7 Å². The fourth-order valence-corrected chi connectivity index (χ4v) is 3.05. The van der Waals surface area contributed by atoms with Crippen LogP contribution in [0.25, 0.3) is 0 Å². The molecule has 0 bridgehead atoms. The Morgan fingerprint density at radius 3 is 2.56 bits per heavy atom. The number of hydrogen-bond acceptors (Lipinski definition) is 2. The highest BCUT2D eigenvalue weighted by Crippen LogP contribution is 2.23. The summed E-state index contributed by atoms with van der Waals surface area (Å²) in [5, 5.41) is 3.70. The van der Waals surface area contributed by atoms with E-state index in [1.54, 1.807) is 30.5 Å². The molecular weight excluding hydrogens is 383 g/mol. The number of anilines is 1. The van der Waals surface area contributed by atoms with Gasteiger partial charge in [-0.2, -0.15) is 0 Å². The van der Waals surface area contributed by atoms with E-state index >= 15 is 0 Å². The number of rotatable bonds is 4. The highest BCUT2D eigenvalue weighted by molar-refractivity contribution is 6.42. The summed E-state index contributed by atoms with van der Waals surface area (Å²) in [5.41, 5.74) is 3.18. The lowest BCUT2D eigenvalue weighted by Gasteiger charge is -2.11. The molecule has 3 rings (SSSR count). The maximum absolute atomic E-state index is 12.8. The van der Waals surface area contributed by atoms with E-state index in [2.05, 4.69) is 5.32 Å². The molecule has 0 aliphatic carbocycles. The van der Waals surface area contributed by atoms with E-state index in [1.807, 2.05) is 32.0 Å². The largest absolute Gasteiger partial charge is 0.322 e. The summed E-state index contributed by atoms with van der Waals surface area (Å²) in [4.78, 5) is 25.4. The van der Waals surface area contributed by atoms with Crippen molar-refractivity contribution in [1.82, 2.24) is 4.57 Å². The normalized spacial score (nSPS) is 10.7. The van der Waals surface area contributed by atoms with Gasteiger partial charge in [0.1, 0.15) is 5.56 Å². The van der Waals surface area contributed by atoms with Crippen LogP contribution in [0, 0.1) is 13.8 Å². The second kappa shape index (κ2) is 7.99. The molecule has 1 heterocycles. The predicted octanol–water partition coefficient (Wildman–Crippen LogP) is 5.07. The fraction of sp³-hybridized carbons (Fsp3) is 0.143. The van der Waals surface area contributed by atoms with Crippen molar-refractivity contribution >= 4 is 34.8 Å². The number of nitrogens with zero attached hydrogens (tertiary/aromatic N) is 1. The Kier molecular flexibility index (Phi) is 5.68. The van der Waals surface area contributed by atoms with Gasteiger partial charge in [-0.25, -0.2) is 0 Å². The van der Waals surface area contributed by atoms with E-state index in [4.69, 9.17) is 23.2 Å². The molecule has 6 heteroatoms. The Morgan fingerprint density at radius 1 is 1.04 bits per heavy atom. The molecule has 4 nitrogen and oxygen atoms in total. The molecule has 1 aromatic heterocycles. The van der Waals surface area contributed by atoms with Crippen LogP contribution < -0.4 is 10.9 Å². The van der Waals surface area contributed by atoms with Crippen LogP contribution in [0.2, 0.25) is 10.0 Å². The number of aryl methyl sites for hydroxylation is 2. The summed E-state index contributed by atoms with van der Waals surface area (Å²) in [6.45, 7) is 4.14. The van der Waals surface area contributed by atoms with Gasteiger partial charge in [-0.3, -0.25) is 9.59 Å². The van der Waals surface area contributed by atoms with Crippen molar-refractivity contribution < 1.29 is 4.79 Å². The minimum Gasteiger partial charge on any atom is -0.322 e. The standard InChI is InChI=1S/C21H18Cl2N2O2/c1-13-5-6-14(2)19(10-13)24-20(26)16-4-3-9-25(21(16)27)12-15-7-8-17(22)18(23)11-15/h3-11H,12H2,1-2H3,(H,24,26). The van der Waals surface area contributed by atoms with E-state index in [0.29, 0.717) is 22.3 Å². The average molecular weight is 401 g/mol. The van der Waals surface area contributed by atoms with Gasteiger partial charge < -0.3 is 9.88 Å². The molecule has 0 fully saturated rings. The molecule has 0 aliphatic rings. The molecule has 0 spiro atoms. The Hall–Kier alpha value is -2.56. The van der Waals surface area contributed by atoms with Gasteiger partial charge in [0.15, 0.2) is 0 Å². The zero-order valence-electron chi connectivity index (χ0n) is 14.9. The van der Waals surface area contributed by atoms with Crippen molar-refractivity contribution in [2.75, 3.05) is 5.32 Å². The molecule has 0 radical (unpaired) electrons. The van der Waals surface area contributed by atoms with Crippen LogP contribution in [-0.2, 0) is 6.54 Å². The van der Waals surface area contributed by atoms with Crippen LogP contribution in [0.5, 0.6) is 0 Å². The Balaban J connectivity index is 1.87. The Labute approximate surface area is 167 Å². The van der Waals surface area contributed by atoms with Crippen molar-refractivity contribution in [3.8, 4) is 0 Å². The fourth-order valence-electron chi connectivity index (χ4n) is 2.73. The molecule has 138 valence electrons. The van der Waals surface area contributed by atoms with Gasteiger partial charge in [0, 0.05) is 11.9 Å². The first kappa shape index (κ1) is 19.2. The summed E-state index contributed by atoms with van der Waals surface area (Å²) in [5.74, 6) is -0.433. The molecule has 2 aromatic carbocycles. The molecular formula is C21H18Cl2N2O2. The molecule has 0 saturated carbocycles. The van der Waals surface area contributed by atoms with Crippen LogP contribution in [0.1, 0.15) is 27.0 Å². The number of carbonyl (C=O) groups is 1. The first-order valence-corrected chi connectivity index (χ1v) is 9.13. The molecule has 0 aliphatic heterocycles. The SMILES string of the molecule is Cc1ccc(C)c(NC(=O)c2cccn(Cc3ccc(Cl)c(Cl)c3)c2=O)c1. The van der Waals surface area contributed by atoms with Crippen molar-refractivity contribution in [3.05, 3.63) is 97.4 Å². The molecule has 0 atom stereocenters.